The van der Waals surface area contributed by atoms with Crippen LogP contribution in [0.1, 0.15) is 24.8 Å². The van der Waals surface area contributed by atoms with Crippen LogP contribution in [0, 0.1) is 10.1 Å². The van der Waals surface area contributed by atoms with Gasteiger partial charge in [0.1, 0.15) is 0 Å². The van der Waals surface area contributed by atoms with Gasteiger partial charge in [-0.3, -0.25) is 19.7 Å². The van der Waals surface area contributed by atoms with Crippen LogP contribution in [0.15, 0.2) is 36.4 Å². The fourth-order valence-electron chi connectivity index (χ4n) is 3.27. The third-order valence-corrected chi connectivity index (χ3v) is 4.19. The summed E-state index contributed by atoms with van der Waals surface area (Å²) >= 11 is 0. The summed E-state index contributed by atoms with van der Waals surface area (Å²) in [5, 5.41) is 14.4. The number of ether oxygens (including phenoxy) is 1. The number of fused-ring (bicyclic) bond motifs is 3. The molecular weight excluding hydrogens is 288 g/mol. The first-order chi connectivity index (χ1) is 10.5. The number of rotatable bonds is 2. The summed E-state index contributed by atoms with van der Waals surface area (Å²) in [6.07, 6.45) is 2.25. The lowest BCUT2D eigenvalue weighted by Crippen LogP contribution is -2.65. The predicted molar refractivity (Wildman–Crippen MR) is 76.8 cm³/mol. The highest BCUT2D eigenvalue weighted by Crippen LogP contribution is 2.47. The summed E-state index contributed by atoms with van der Waals surface area (Å²) in [7, 11) is 0. The van der Waals surface area contributed by atoms with Crippen molar-refractivity contribution < 1.29 is 19.2 Å². The third-order valence-electron chi connectivity index (χ3n) is 4.19. The highest BCUT2D eigenvalue weighted by atomic mass is 16.6. The number of amides is 1. The quantitative estimate of drug-likeness (QED) is 0.387. The van der Waals surface area contributed by atoms with E-state index in [4.69, 9.17) is 4.74 Å². The van der Waals surface area contributed by atoms with Crippen molar-refractivity contribution in [1.82, 2.24) is 0 Å². The van der Waals surface area contributed by atoms with E-state index in [1.165, 1.54) is 13.0 Å². The molecule has 0 saturated heterocycles. The molecule has 7 heteroatoms. The monoisotopic (exact) mass is 302 g/mol. The van der Waals surface area contributed by atoms with Gasteiger partial charge in [-0.2, -0.15) is 0 Å². The molecule has 7 nitrogen and oxygen atoms in total. The Hall–Kier alpha value is -2.70. The second kappa shape index (κ2) is 4.94. The molecule has 1 aliphatic heterocycles. The lowest BCUT2D eigenvalue weighted by molar-refractivity contribution is -0.567. The van der Waals surface area contributed by atoms with Crippen molar-refractivity contribution in [1.29, 1.82) is 0 Å². The fraction of sp³-hybridized carbons (Fsp3) is 0.333. The van der Waals surface area contributed by atoms with Gasteiger partial charge in [-0.1, -0.05) is 24.3 Å². The molecular formula is C15H14N2O5. The van der Waals surface area contributed by atoms with Crippen LogP contribution < -0.4 is 5.32 Å². The number of hydrogen-bond acceptors (Lipinski definition) is 5. The Balaban J connectivity index is 2.20. The molecule has 0 fully saturated rings. The molecule has 1 aromatic rings. The van der Waals surface area contributed by atoms with Crippen molar-refractivity contribution in [3.63, 3.8) is 0 Å². The minimum atomic E-state index is -2.03. The van der Waals surface area contributed by atoms with E-state index in [1.807, 2.05) is 0 Å². The molecule has 0 unspecified atom stereocenters. The van der Waals surface area contributed by atoms with E-state index in [2.05, 4.69) is 5.32 Å². The Labute approximate surface area is 126 Å². The molecule has 0 saturated carbocycles. The van der Waals surface area contributed by atoms with Crippen LogP contribution >= 0.6 is 0 Å². The molecule has 3 rings (SSSR count). The molecule has 22 heavy (non-hydrogen) atoms. The number of nitrogens with zero attached hydrogens (tertiary/aromatic N) is 1. The molecule has 1 heterocycles. The number of nitrogens with one attached hydrogen (secondary N) is 1. The first kappa shape index (κ1) is 14.2. The van der Waals surface area contributed by atoms with Crippen LogP contribution in [-0.2, 0) is 14.3 Å². The van der Waals surface area contributed by atoms with Gasteiger partial charge in [-0.15, -0.1) is 0 Å². The molecule has 114 valence electrons. The Morgan fingerprint density at radius 3 is 2.86 bits per heavy atom. The molecule has 1 aromatic carbocycles. The number of esters is 1. The van der Waals surface area contributed by atoms with Crippen molar-refractivity contribution >= 4 is 17.6 Å². The lowest BCUT2D eigenvalue weighted by atomic mass is 9.68. The van der Waals surface area contributed by atoms with Gasteiger partial charge >= 0.3 is 17.4 Å². The number of allylic oxidation sites excluding steroid dienone is 1. The number of nitro groups is 1. The average molecular weight is 302 g/mol. The molecule has 0 aromatic heterocycles. The number of carbonyl (C=O) groups is 2. The van der Waals surface area contributed by atoms with E-state index < -0.39 is 34.4 Å². The first-order valence-corrected chi connectivity index (χ1v) is 6.86. The van der Waals surface area contributed by atoms with E-state index in [1.54, 1.807) is 30.3 Å². The van der Waals surface area contributed by atoms with Crippen molar-refractivity contribution in [3.8, 4) is 0 Å². The zero-order valence-corrected chi connectivity index (χ0v) is 11.8. The van der Waals surface area contributed by atoms with E-state index in [0.29, 0.717) is 17.7 Å². The van der Waals surface area contributed by atoms with Gasteiger partial charge in [0.2, 0.25) is 0 Å². The summed E-state index contributed by atoms with van der Waals surface area (Å²) in [6, 6.07) is 6.97. The van der Waals surface area contributed by atoms with E-state index >= 15 is 0 Å². The highest BCUT2D eigenvalue weighted by Gasteiger charge is 2.67. The van der Waals surface area contributed by atoms with Crippen LogP contribution in [-0.4, -0.2) is 28.4 Å². The number of anilines is 1. The number of hydrogen-bond donors (Lipinski definition) is 1. The lowest BCUT2D eigenvalue weighted by Gasteiger charge is -2.41. The number of para-hydroxylation sites is 1. The predicted octanol–water partition coefficient (Wildman–Crippen LogP) is 1.63. The molecule has 1 aliphatic carbocycles. The van der Waals surface area contributed by atoms with Crippen molar-refractivity contribution in [2.45, 2.75) is 30.9 Å². The molecule has 3 atom stereocenters. The molecule has 0 spiro atoms. The Morgan fingerprint density at radius 1 is 1.45 bits per heavy atom. The highest BCUT2D eigenvalue weighted by molar-refractivity contribution is 6.02. The van der Waals surface area contributed by atoms with Crippen LogP contribution in [0.2, 0.25) is 0 Å². The van der Waals surface area contributed by atoms with Gasteiger partial charge in [0, 0.05) is 17.5 Å². The van der Waals surface area contributed by atoms with E-state index in [-0.39, 0.29) is 0 Å². The second-order valence-electron chi connectivity index (χ2n) is 5.37. The normalized spacial score (nSPS) is 29.0. The molecule has 2 aliphatic rings. The van der Waals surface area contributed by atoms with Gasteiger partial charge in [0.15, 0.2) is 6.10 Å². The van der Waals surface area contributed by atoms with Crippen LogP contribution in [0.3, 0.4) is 0 Å². The molecule has 0 radical (unpaired) electrons. The summed E-state index contributed by atoms with van der Waals surface area (Å²) in [4.78, 5) is 35.1. The van der Waals surface area contributed by atoms with Crippen molar-refractivity contribution in [2.75, 3.05) is 5.32 Å². The topological polar surface area (TPSA) is 98.5 Å². The molecule has 1 amide bonds. The van der Waals surface area contributed by atoms with Gasteiger partial charge in [0.25, 0.3) is 0 Å². The van der Waals surface area contributed by atoms with Gasteiger partial charge in [0.05, 0.1) is 5.92 Å². The van der Waals surface area contributed by atoms with Crippen LogP contribution in [0.25, 0.3) is 0 Å². The fourth-order valence-corrected chi connectivity index (χ4v) is 3.27. The van der Waals surface area contributed by atoms with Crippen LogP contribution in [0.5, 0.6) is 0 Å². The van der Waals surface area contributed by atoms with Gasteiger partial charge < -0.3 is 10.1 Å². The maximum absolute atomic E-state index is 12.6. The Kier molecular flexibility index (Phi) is 3.20. The first-order valence-electron chi connectivity index (χ1n) is 6.86. The van der Waals surface area contributed by atoms with Gasteiger partial charge in [-0.05, 0) is 24.1 Å². The summed E-state index contributed by atoms with van der Waals surface area (Å²) in [5.74, 6) is -2.10. The number of carbonyl (C=O) groups excluding carboxylic acids is 2. The zero-order chi connectivity index (χ0) is 15.9. The maximum Gasteiger partial charge on any atom is 0.345 e. The Bertz CT molecular complexity index is 699. The minimum Gasteiger partial charge on any atom is -0.450 e. The third kappa shape index (κ3) is 1.82. The smallest absolute Gasteiger partial charge is 0.345 e. The van der Waals surface area contributed by atoms with Crippen molar-refractivity contribution in [2.24, 2.45) is 0 Å². The maximum atomic E-state index is 12.6. The summed E-state index contributed by atoms with van der Waals surface area (Å²) in [5.41, 5.74) is -0.790. The zero-order valence-electron chi connectivity index (χ0n) is 11.8. The molecule has 1 N–H and O–H groups in total. The second-order valence-corrected chi connectivity index (χ2v) is 5.37. The van der Waals surface area contributed by atoms with Crippen LogP contribution in [0.4, 0.5) is 5.69 Å². The minimum absolute atomic E-state index is 0.336. The van der Waals surface area contributed by atoms with E-state index in [9.17, 15) is 19.7 Å². The Morgan fingerprint density at radius 2 is 2.18 bits per heavy atom. The largest absolute Gasteiger partial charge is 0.450 e. The SMILES string of the molecule is CC(=O)O[C@@H]1C=CC[C@H]2c3ccccc3NC(=O)[C@@]12[N+](=O)[O-]. The number of benzene rings is 1. The standard InChI is InChI=1S/C15H14N2O5/c1-9(18)22-13-8-4-6-11-10-5-2-3-7-12(10)16-14(19)15(11,13)17(20)21/h2-5,7-8,11,13H,6H2,1H3,(H,16,19)/t11-,13+,15-/m0/s1. The van der Waals surface area contributed by atoms with E-state index in [0.717, 1.165) is 0 Å². The summed E-state index contributed by atoms with van der Waals surface area (Å²) in [6.45, 7) is 1.17. The summed E-state index contributed by atoms with van der Waals surface area (Å²) < 4.78 is 5.08. The molecule has 0 bridgehead atoms. The average Bonchev–Trinajstić information content (AvgIpc) is 2.46. The van der Waals surface area contributed by atoms with Gasteiger partial charge in [-0.25, -0.2) is 0 Å². The van der Waals surface area contributed by atoms with Crippen molar-refractivity contribution in [3.05, 3.63) is 52.1 Å².